The van der Waals surface area contributed by atoms with Crippen molar-refractivity contribution >= 4 is 17.5 Å². The first-order valence-electron chi connectivity index (χ1n) is 6.56. The van der Waals surface area contributed by atoms with E-state index in [0.717, 1.165) is 25.9 Å². The molecule has 0 radical (unpaired) electrons. The van der Waals surface area contributed by atoms with Crippen molar-refractivity contribution in [1.29, 1.82) is 0 Å². The van der Waals surface area contributed by atoms with Crippen LogP contribution in [0.3, 0.4) is 0 Å². The molecule has 0 unspecified atom stereocenters. The summed E-state index contributed by atoms with van der Waals surface area (Å²) in [5, 5.41) is 0.556. The fraction of sp³-hybridized carbons (Fsp3) is 0.533. The molecule has 1 aromatic carbocycles. The maximum Gasteiger partial charge on any atom is 0.257 e. The van der Waals surface area contributed by atoms with Crippen molar-refractivity contribution in [2.45, 2.75) is 26.7 Å². The molecule has 0 N–H and O–H groups in total. The van der Waals surface area contributed by atoms with Crippen LogP contribution in [0.1, 0.15) is 37.0 Å². The van der Waals surface area contributed by atoms with E-state index in [0.29, 0.717) is 16.3 Å². The highest BCUT2D eigenvalue weighted by Gasteiger charge is 2.30. The number of halogens is 1. The van der Waals surface area contributed by atoms with Crippen LogP contribution in [0, 0.1) is 5.41 Å². The number of benzene rings is 1. The van der Waals surface area contributed by atoms with Gasteiger partial charge in [0.15, 0.2) is 0 Å². The maximum absolute atomic E-state index is 12.6. The lowest BCUT2D eigenvalue weighted by molar-refractivity contribution is 0.0580. The number of ether oxygens (including phenoxy) is 1. The Balaban J connectivity index is 2.26. The summed E-state index contributed by atoms with van der Waals surface area (Å²) >= 11 is 5.99. The summed E-state index contributed by atoms with van der Waals surface area (Å²) in [4.78, 5) is 14.5. The molecule has 0 aliphatic carbocycles. The van der Waals surface area contributed by atoms with Gasteiger partial charge in [0.25, 0.3) is 5.91 Å². The van der Waals surface area contributed by atoms with Gasteiger partial charge in [-0.15, -0.1) is 0 Å². The van der Waals surface area contributed by atoms with E-state index in [4.69, 9.17) is 16.3 Å². The fourth-order valence-corrected chi connectivity index (χ4v) is 2.79. The second-order valence-corrected chi connectivity index (χ2v) is 6.28. The van der Waals surface area contributed by atoms with Gasteiger partial charge in [-0.1, -0.05) is 25.4 Å². The number of piperidine rings is 1. The van der Waals surface area contributed by atoms with Crippen LogP contribution in [0.2, 0.25) is 5.02 Å². The Hall–Kier alpha value is -1.22. The van der Waals surface area contributed by atoms with Gasteiger partial charge >= 0.3 is 0 Å². The third-order valence-corrected chi connectivity index (χ3v) is 3.81. The largest absolute Gasteiger partial charge is 0.496 e. The van der Waals surface area contributed by atoms with Crippen molar-refractivity contribution in [2.75, 3.05) is 20.2 Å². The zero-order chi connectivity index (χ0) is 14.0. The first kappa shape index (κ1) is 14.2. The van der Waals surface area contributed by atoms with E-state index >= 15 is 0 Å². The molecular weight excluding hydrogens is 262 g/mol. The van der Waals surface area contributed by atoms with Gasteiger partial charge in [0, 0.05) is 18.1 Å². The predicted molar refractivity (Wildman–Crippen MR) is 76.9 cm³/mol. The number of methoxy groups -OCH3 is 1. The summed E-state index contributed by atoms with van der Waals surface area (Å²) in [6.07, 6.45) is 2.20. The fourth-order valence-electron chi connectivity index (χ4n) is 2.61. The molecular formula is C15H20ClNO2. The van der Waals surface area contributed by atoms with Crippen molar-refractivity contribution in [2.24, 2.45) is 5.41 Å². The van der Waals surface area contributed by atoms with Gasteiger partial charge in [0.1, 0.15) is 5.75 Å². The van der Waals surface area contributed by atoms with Crippen LogP contribution in [0.15, 0.2) is 18.2 Å². The molecule has 0 bridgehead atoms. The second-order valence-electron chi connectivity index (χ2n) is 5.84. The minimum Gasteiger partial charge on any atom is -0.496 e. The van der Waals surface area contributed by atoms with Crippen molar-refractivity contribution in [1.82, 2.24) is 4.90 Å². The average Bonchev–Trinajstić information content (AvgIpc) is 2.36. The Morgan fingerprint density at radius 2 is 2.16 bits per heavy atom. The summed E-state index contributed by atoms with van der Waals surface area (Å²) < 4.78 is 5.26. The van der Waals surface area contributed by atoms with Crippen molar-refractivity contribution in [3.63, 3.8) is 0 Å². The third-order valence-electron chi connectivity index (χ3n) is 3.58. The molecule has 0 saturated carbocycles. The van der Waals surface area contributed by atoms with E-state index in [1.54, 1.807) is 25.3 Å². The lowest BCUT2D eigenvalue weighted by Gasteiger charge is -2.38. The molecule has 0 aromatic heterocycles. The Morgan fingerprint density at radius 3 is 2.79 bits per heavy atom. The number of hydrogen-bond acceptors (Lipinski definition) is 2. The molecule has 3 nitrogen and oxygen atoms in total. The van der Waals surface area contributed by atoms with E-state index in [-0.39, 0.29) is 11.3 Å². The van der Waals surface area contributed by atoms with Crippen LogP contribution in [-0.2, 0) is 0 Å². The van der Waals surface area contributed by atoms with Gasteiger partial charge in [-0.2, -0.15) is 0 Å². The zero-order valence-electron chi connectivity index (χ0n) is 11.7. The highest BCUT2D eigenvalue weighted by Crippen LogP contribution is 2.31. The average molecular weight is 282 g/mol. The molecule has 1 aliphatic heterocycles. The van der Waals surface area contributed by atoms with Gasteiger partial charge < -0.3 is 9.64 Å². The molecule has 1 aliphatic rings. The zero-order valence-corrected chi connectivity index (χ0v) is 12.5. The maximum atomic E-state index is 12.6. The van der Waals surface area contributed by atoms with E-state index in [9.17, 15) is 4.79 Å². The Labute approximate surface area is 119 Å². The second kappa shape index (κ2) is 5.41. The van der Waals surface area contributed by atoms with Crippen LogP contribution in [-0.4, -0.2) is 31.0 Å². The van der Waals surface area contributed by atoms with Crippen molar-refractivity contribution < 1.29 is 9.53 Å². The summed E-state index contributed by atoms with van der Waals surface area (Å²) in [7, 11) is 1.57. The first-order chi connectivity index (χ1) is 8.93. The smallest absolute Gasteiger partial charge is 0.257 e. The van der Waals surface area contributed by atoms with Gasteiger partial charge in [-0.05, 0) is 36.5 Å². The van der Waals surface area contributed by atoms with E-state index in [2.05, 4.69) is 13.8 Å². The van der Waals surface area contributed by atoms with Crippen LogP contribution >= 0.6 is 11.6 Å². The number of likely N-dealkylation sites (tertiary alicyclic amines) is 1. The molecule has 19 heavy (non-hydrogen) atoms. The summed E-state index contributed by atoms with van der Waals surface area (Å²) in [5.41, 5.74) is 0.729. The topological polar surface area (TPSA) is 29.5 Å². The molecule has 1 fully saturated rings. The van der Waals surface area contributed by atoms with E-state index in [1.165, 1.54) is 0 Å². The molecule has 2 rings (SSSR count). The summed E-state index contributed by atoms with van der Waals surface area (Å²) in [5.74, 6) is 0.588. The molecule has 0 spiro atoms. The Kier molecular flexibility index (Phi) is 4.04. The van der Waals surface area contributed by atoms with Crippen LogP contribution < -0.4 is 4.74 Å². The molecule has 104 valence electrons. The lowest BCUT2D eigenvalue weighted by Crippen LogP contribution is -2.43. The minimum atomic E-state index is 0.00660. The first-order valence-corrected chi connectivity index (χ1v) is 6.93. The number of nitrogens with zero attached hydrogens (tertiary/aromatic N) is 1. The predicted octanol–water partition coefficient (Wildman–Crippen LogP) is 3.61. The standard InChI is InChI=1S/C15H20ClNO2/c1-15(2)7-4-8-17(10-15)14(18)12-9-11(16)5-6-13(12)19-3/h5-6,9H,4,7-8,10H2,1-3H3. The van der Waals surface area contributed by atoms with Crippen LogP contribution in [0.25, 0.3) is 0 Å². The minimum absolute atomic E-state index is 0.00660. The van der Waals surface area contributed by atoms with Gasteiger partial charge in [-0.25, -0.2) is 0 Å². The lowest BCUT2D eigenvalue weighted by atomic mass is 9.84. The number of carbonyl (C=O) groups excluding carboxylic acids is 1. The normalized spacial score (nSPS) is 18.2. The third kappa shape index (κ3) is 3.21. The summed E-state index contributed by atoms with van der Waals surface area (Å²) in [6.45, 7) is 5.97. The SMILES string of the molecule is COc1ccc(Cl)cc1C(=O)N1CCCC(C)(C)C1. The van der Waals surface area contributed by atoms with E-state index in [1.807, 2.05) is 4.90 Å². The van der Waals surface area contributed by atoms with Gasteiger partial charge in [0.2, 0.25) is 0 Å². The Morgan fingerprint density at radius 1 is 1.42 bits per heavy atom. The number of hydrogen-bond donors (Lipinski definition) is 0. The molecule has 1 amide bonds. The molecule has 4 heteroatoms. The molecule has 0 atom stereocenters. The van der Waals surface area contributed by atoms with Crippen LogP contribution in [0.4, 0.5) is 0 Å². The van der Waals surface area contributed by atoms with Crippen molar-refractivity contribution in [3.8, 4) is 5.75 Å². The number of rotatable bonds is 2. The van der Waals surface area contributed by atoms with Crippen LogP contribution in [0.5, 0.6) is 5.75 Å². The highest BCUT2D eigenvalue weighted by atomic mass is 35.5. The number of amides is 1. The van der Waals surface area contributed by atoms with Gasteiger partial charge in [0.05, 0.1) is 12.7 Å². The monoisotopic (exact) mass is 281 g/mol. The quantitative estimate of drug-likeness (QED) is 0.829. The van der Waals surface area contributed by atoms with Gasteiger partial charge in [-0.3, -0.25) is 4.79 Å². The molecule has 1 aromatic rings. The molecule has 1 heterocycles. The highest BCUT2D eigenvalue weighted by molar-refractivity contribution is 6.31. The van der Waals surface area contributed by atoms with E-state index < -0.39 is 0 Å². The van der Waals surface area contributed by atoms with Crippen molar-refractivity contribution in [3.05, 3.63) is 28.8 Å². The molecule has 1 saturated heterocycles. The number of carbonyl (C=O) groups is 1. The summed E-state index contributed by atoms with van der Waals surface area (Å²) in [6, 6.07) is 5.16. The Bertz CT molecular complexity index is 485.